The van der Waals surface area contributed by atoms with E-state index in [2.05, 4.69) is 26.0 Å². The summed E-state index contributed by atoms with van der Waals surface area (Å²) in [6.07, 6.45) is 1.76. The van der Waals surface area contributed by atoms with E-state index in [1.165, 1.54) is 19.2 Å². The third-order valence-electron chi connectivity index (χ3n) is 2.88. The first-order valence-corrected chi connectivity index (χ1v) is 8.28. The van der Waals surface area contributed by atoms with Crippen molar-refractivity contribution in [3.63, 3.8) is 0 Å². The molecule has 1 amide bonds. The van der Waals surface area contributed by atoms with Crippen molar-refractivity contribution in [1.29, 1.82) is 0 Å². The standard InChI is InChI=1S/C13H14BrN3O3S/c1-15-21(19,20)11-5-3-4-10(7-11)16-13(18)12-6-9(14)8-17(12)2/h3-8,15H,1-2H3,(H,16,18). The maximum absolute atomic E-state index is 12.2. The molecule has 2 aromatic rings. The Kier molecular flexibility index (Phi) is 4.50. The number of benzene rings is 1. The van der Waals surface area contributed by atoms with Crippen molar-refractivity contribution in [3.8, 4) is 0 Å². The number of aromatic nitrogens is 1. The molecule has 0 bridgehead atoms. The fourth-order valence-corrected chi connectivity index (χ4v) is 3.10. The molecule has 0 atom stereocenters. The van der Waals surface area contributed by atoms with Gasteiger partial charge in [-0.25, -0.2) is 13.1 Å². The molecule has 0 unspecified atom stereocenters. The number of aryl methyl sites for hydroxylation is 1. The average molecular weight is 372 g/mol. The zero-order valence-electron chi connectivity index (χ0n) is 11.4. The van der Waals surface area contributed by atoms with Crippen molar-refractivity contribution >= 4 is 37.5 Å². The van der Waals surface area contributed by atoms with Gasteiger partial charge in [0.15, 0.2) is 0 Å². The van der Waals surface area contributed by atoms with E-state index in [-0.39, 0.29) is 10.8 Å². The predicted molar refractivity (Wildman–Crippen MR) is 83.8 cm³/mol. The van der Waals surface area contributed by atoms with Gasteiger partial charge in [0.1, 0.15) is 5.69 Å². The number of nitrogens with one attached hydrogen (secondary N) is 2. The lowest BCUT2D eigenvalue weighted by Gasteiger charge is -2.08. The Hall–Kier alpha value is -1.64. The normalized spacial score (nSPS) is 11.4. The molecule has 0 aliphatic rings. The van der Waals surface area contributed by atoms with Crippen LogP contribution in [0.25, 0.3) is 0 Å². The van der Waals surface area contributed by atoms with Crippen molar-refractivity contribution < 1.29 is 13.2 Å². The second-order valence-corrected chi connectivity index (χ2v) is 7.15. The maximum Gasteiger partial charge on any atom is 0.272 e. The third-order valence-corrected chi connectivity index (χ3v) is 4.72. The highest BCUT2D eigenvalue weighted by atomic mass is 79.9. The average Bonchev–Trinajstić information content (AvgIpc) is 2.78. The molecule has 0 aliphatic heterocycles. The number of rotatable bonds is 4. The second-order valence-electron chi connectivity index (χ2n) is 4.34. The molecular weight excluding hydrogens is 358 g/mol. The molecule has 1 heterocycles. The quantitative estimate of drug-likeness (QED) is 0.861. The van der Waals surface area contributed by atoms with Crippen molar-refractivity contribution in [3.05, 3.63) is 46.7 Å². The number of halogens is 1. The van der Waals surface area contributed by atoms with Gasteiger partial charge in [-0.15, -0.1) is 0 Å². The van der Waals surface area contributed by atoms with E-state index in [9.17, 15) is 13.2 Å². The Bertz CT molecular complexity index is 784. The summed E-state index contributed by atoms with van der Waals surface area (Å²) in [7, 11) is -0.452. The van der Waals surface area contributed by atoms with Gasteiger partial charge in [-0.05, 0) is 47.2 Å². The lowest BCUT2D eigenvalue weighted by Crippen LogP contribution is -2.19. The van der Waals surface area contributed by atoms with Crippen LogP contribution in [0.5, 0.6) is 0 Å². The molecule has 21 heavy (non-hydrogen) atoms. The van der Waals surface area contributed by atoms with Gasteiger partial charge < -0.3 is 9.88 Å². The fourth-order valence-electron chi connectivity index (χ4n) is 1.80. The topological polar surface area (TPSA) is 80.2 Å². The van der Waals surface area contributed by atoms with Crippen LogP contribution >= 0.6 is 15.9 Å². The summed E-state index contributed by atoms with van der Waals surface area (Å²) in [5.74, 6) is -0.317. The SMILES string of the molecule is CNS(=O)(=O)c1cccc(NC(=O)c2cc(Br)cn2C)c1. The molecule has 0 saturated carbocycles. The number of carbonyl (C=O) groups is 1. The molecule has 2 N–H and O–H groups in total. The summed E-state index contributed by atoms with van der Waals surface area (Å²) in [4.78, 5) is 12.3. The van der Waals surface area contributed by atoms with E-state index in [1.807, 2.05) is 0 Å². The third kappa shape index (κ3) is 3.52. The van der Waals surface area contributed by atoms with Crippen LogP contribution in [0.2, 0.25) is 0 Å². The predicted octanol–water partition coefficient (Wildman–Crippen LogP) is 1.95. The van der Waals surface area contributed by atoms with E-state index in [4.69, 9.17) is 0 Å². The van der Waals surface area contributed by atoms with E-state index in [0.717, 1.165) is 4.47 Å². The number of nitrogens with zero attached hydrogens (tertiary/aromatic N) is 1. The van der Waals surface area contributed by atoms with Gasteiger partial charge in [-0.2, -0.15) is 0 Å². The van der Waals surface area contributed by atoms with Crippen LogP contribution in [0.1, 0.15) is 10.5 Å². The Balaban J connectivity index is 2.26. The number of hydrogen-bond acceptors (Lipinski definition) is 3. The molecule has 0 radical (unpaired) electrons. The Morgan fingerprint density at radius 3 is 2.57 bits per heavy atom. The largest absolute Gasteiger partial charge is 0.345 e. The lowest BCUT2D eigenvalue weighted by molar-refractivity contribution is 0.101. The first kappa shape index (κ1) is 15.7. The van der Waals surface area contributed by atoms with Gasteiger partial charge in [0.05, 0.1) is 4.90 Å². The molecular formula is C13H14BrN3O3S. The van der Waals surface area contributed by atoms with Gasteiger partial charge in [0.2, 0.25) is 10.0 Å². The molecule has 0 saturated heterocycles. The molecule has 1 aromatic carbocycles. The summed E-state index contributed by atoms with van der Waals surface area (Å²) in [5.41, 5.74) is 0.873. The van der Waals surface area contributed by atoms with Crippen LogP contribution in [0.3, 0.4) is 0 Å². The molecule has 8 heteroatoms. The van der Waals surface area contributed by atoms with Crippen LogP contribution in [-0.4, -0.2) is 25.9 Å². The summed E-state index contributed by atoms with van der Waals surface area (Å²) < 4.78 is 28.2. The smallest absolute Gasteiger partial charge is 0.272 e. The summed E-state index contributed by atoms with van der Waals surface area (Å²) in [5, 5.41) is 2.68. The zero-order chi connectivity index (χ0) is 15.6. The Labute approximate surface area is 131 Å². The van der Waals surface area contributed by atoms with Gasteiger partial charge in [-0.1, -0.05) is 6.07 Å². The minimum Gasteiger partial charge on any atom is -0.345 e. The van der Waals surface area contributed by atoms with Crippen molar-refractivity contribution in [2.75, 3.05) is 12.4 Å². The number of amides is 1. The highest BCUT2D eigenvalue weighted by Gasteiger charge is 2.14. The molecule has 0 fully saturated rings. The summed E-state index contributed by atoms with van der Waals surface area (Å²) >= 11 is 3.30. The minimum absolute atomic E-state index is 0.0934. The highest BCUT2D eigenvalue weighted by Crippen LogP contribution is 2.18. The molecule has 6 nitrogen and oxygen atoms in total. The van der Waals surface area contributed by atoms with Gasteiger partial charge in [0, 0.05) is 23.4 Å². The first-order chi connectivity index (χ1) is 9.83. The van der Waals surface area contributed by atoms with Crippen molar-refractivity contribution in [2.24, 2.45) is 7.05 Å². The van der Waals surface area contributed by atoms with E-state index >= 15 is 0 Å². The molecule has 0 aliphatic carbocycles. The maximum atomic E-state index is 12.2. The van der Waals surface area contributed by atoms with Crippen molar-refractivity contribution in [1.82, 2.24) is 9.29 Å². The molecule has 1 aromatic heterocycles. The molecule has 0 spiro atoms. The lowest BCUT2D eigenvalue weighted by atomic mass is 10.3. The van der Waals surface area contributed by atoms with Gasteiger partial charge >= 0.3 is 0 Å². The van der Waals surface area contributed by atoms with Crippen LogP contribution in [0.4, 0.5) is 5.69 Å². The van der Waals surface area contributed by atoms with Gasteiger partial charge in [-0.3, -0.25) is 4.79 Å². The number of sulfonamides is 1. The van der Waals surface area contributed by atoms with Crippen molar-refractivity contribution in [2.45, 2.75) is 4.90 Å². The van der Waals surface area contributed by atoms with E-state index in [0.29, 0.717) is 11.4 Å². The number of hydrogen-bond donors (Lipinski definition) is 2. The van der Waals surface area contributed by atoms with Crippen LogP contribution < -0.4 is 10.0 Å². The fraction of sp³-hybridized carbons (Fsp3) is 0.154. The van der Waals surface area contributed by atoms with E-state index < -0.39 is 10.0 Å². The van der Waals surface area contributed by atoms with Crippen LogP contribution in [-0.2, 0) is 17.1 Å². The highest BCUT2D eigenvalue weighted by molar-refractivity contribution is 9.10. The Morgan fingerprint density at radius 2 is 2.00 bits per heavy atom. The summed E-state index contributed by atoms with van der Waals surface area (Å²) in [6, 6.07) is 7.75. The van der Waals surface area contributed by atoms with E-state index in [1.54, 1.807) is 36.0 Å². The monoisotopic (exact) mass is 371 g/mol. The van der Waals surface area contributed by atoms with Crippen LogP contribution in [0, 0.1) is 0 Å². The molecule has 112 valence electrons. The summed E-state index contributed by atoms with van der Waals surface area (Å²) in [6.45, 7) is 0. The minimum atomic E-state index is -3.54. The van der Waals surface area contributed by atoms with Crippen LogP contribution in [0.15, 0.2) is 45.9 Å². The first-order valence-electron chi connectivity index (χ1n) is 6.00. The van der Waals surface area contributed by atoms with Gasteiger partial charge in [0.25, 0.3) is 5.91 Å². The second kappa shape index (κ2) is 6.00. The Morgan fingerprint density at radius 1 is 1.29 bits per heavy atom. The number of carbonyl (C=O) groups excluding carboxylic acids is 1. The molecule has 2 rings (SSSR count). The number of anilines is 1. The zero-order valence-corrected chi connectivity index (χ0v) is 13.8.